The van der Waals surface area contributed by atoms with Gasteiger partial charge in [0.25, 0.3) is 0 Å². The Morgan fingerprint density at radius 3 is 2.34 bits per heavy atom. The van der Waals surface area contributed by atoms with Crippen LogP contribution in [0.4, 0.5) is 10.5 Å². The van der Waals surface area contributed by atoms with Crippen LogP contribution in [0.1, 0.15) is 51.2 Å². The molecule has 0 aliphatic heterocycles. The SMILES string of the molecule is CC[C@@](O)(c1cccc(OC(=O)Nc2ccc(C(C)C)cc2)c1)[C@@H](C)CN(C)C. The Hall–Kier alpha value is -2.37. The molecule has 158 valence electrons. The highest BCUT2D eigenvalue weighted by atomic mass is 16.6. The third-order valence-corrected chi connectivity index (χ3v) is 5.36. The van der Waals surface area contributed by atoms with Gasteiger partial charge in [0.05, 0.1) is 5.60 Å². The molecule has 29 heavy (non-hydrogen) atoms. The number of hydrogen-bond acceptors (Lipinski definition) is 4. The minimum absolute atomic E-state index is 0.0195. The van der Waals surface area contributed by atoms with E-state index in [0.717, 1.165) is 12.1 Å². The highest BCUT2D eigenvalue weighted by Gasteiger charge is 2.34. The standard InChI is InChI=1S/C24H34N2O3/c1-7-24(28,18(4)16-26(5)6)20-9-8-10-22(15-20)29-23(27)25-21-13-11-19(12-14-21)17(2)3/h8-15,17-18,28H,7,16H2,1-6H3,(H,25,27)/t18-,24-/m0/s1. The second-order valence-corrected chi connectivity index (χ2v) is 8.26. The fourth-order valence-electron chi connectivity index (χ4n) is 3.57. The second kappa shape index (κ2) is 9.90. The van der Waals surface area contributed by atoms with Gasteiger partial charge in [-0.05, 0) is 61.8 Å². The highest BCUT2D eigenvalue weighted by Crippen LogP contribution is 2.35. The lowest BCUT2D eigenvalue weighted by Gasteiger charge is -2.35. The molecule has 1 amide bonds. The summed E-state index contributed by atoms with van der Waals surface area (Å²) >= 11 is 0. The zero-order chi connectivity index (χ0) is 21.6. The van der Waals surface area contributed by atoms with Gasteiger partial charge in [0.15, 0.2) is 0 Å². The number of carbonyl (C=O) groups is 1. The van der Waals surface area contributed by atoms with Crippen LogP contribution in [0.25, 0.3) is 0 Å². The molecule has 2 aromatic rings. The van der Waals surface area contributed by atoms with Crippen LogP contribution in [0.15, 0.2) is 48.5 Å². The molecular formula is C24H34N2O3. The smallest absolute Gasteiger partial charge is 0.410 e. The Morgan fingerprint density at radius 1 is 1.14 bits per heavy atom. The first-order valence-corrected chi connectivity index (χ1v) is 10.2. The van der Waals surface area contributed by atoms with Crippen molar-refractivity contribution in [2.75, 3.05) is 26.0 Å². The number of nitrogens with one attached hydrogen (secondary N) is 1. The average Bonchev–Trinajstić information content (AvgIpc) is 2.67. The van der Waals surface area contributed by atoms with E-state index in [2.05, 4.69) is 24.1 Å². The van der Waals surface area contributed by atoms with Crippen molar-refractivity contribution in [2.24, 2.45) is 5.92 Å². The molecule has 5 heteroatoms. The van der Waals surface area contributed by atoms with Gasteiger partial charge in [0, 0.05) is 18.2 Å². The Morgan fingerprint density at radius 2 is 1.79 bits per heavy atom. The Kier molecular flexibility index (Phi) is 7.82. The number of aliphatic hydroxyl groups is 1. The van der Waals surface area contributed by atoms with Crippen LogP contribution < -0.4 is 10.1 Å². The molecule has 2 atom stereocenters. The van der Waals surface area contributed by atoms with Crippen molar-refractivity contribution >= 4 is 11.8 Å². The number of ether oxygens (including phenoxy) is 1. The summed E-state index contributed by atoms with van der Waals surface area (Å²) in [6.45, 7) is 9.00. The summed E-state index contributed by atoms with van der Waals surface area (Å²) in [5, 5.41) is 14.0. The number of benzene rings is 2. The maximum absolute atomic E-state index is 12.3. The molecule has 0 saturated heterocycles. The summed E-state index contributed by atoms with van der Waals surface area (Å²) in [6.07, 6.45) is 0.0145. The molecular weight excluding hydrogens is 364 g/mol. The van der Waals surface area contributed by atoms with Crippen molar-refractivity contribution in [2.45, 2.75) is 45.6 Å². The van der Waals surface area contributed by atoms with Gasteiger partial charge in [-0.15, -0.1) is 0 Å². The topological polar surface area (TPSA) is 61.8 Å². The van der Waals surface area contributed by atoms with E-state index in [1.807, 2.05) is 58.3 Å². The average molecular weight is 399 g/mol. The minimum Gasteiger partial charge on any atom is -0.410 e. The van der Waals surface area contributed by atoms with Gasteiger partial charge in [-0.3, -0.25) is 5.32 Å². The zero-order valence-corrected chi connectivity index (χ0v) is 18.4. The Bertz CT molecular complexity index is 802. The molecule has 0 bridgehead atoms. The molecule has 0 spiro atoms. The summed E-state index contributed by atoms with van der Waals surface area (Å²) in [4.78, 5) is 14.4. The number of hydrogen-bond donors (Lipinski definition) is 2. The van der Waals surface area contributed by atoms with E-state index >= 15 is 0 Å². The Labute approximate surface area is 174 Å². The van der Waals surface area contributed by atoms with Crippen molar-refractivity contribution in [1.29, 1.82) is 0 Å². The predicted molar refractivity (Wildman–Crippen MR) is 119 cm³/mol. The van der Waals surface area contributed by atoms with Crippen LogP contribution in [-0.4, -0.2) is 36.7 Å². The van der Waals surface area contributed by atoms with Crippen molar-refractivity contribution in [3.05, 3.63) is 59.7 Å². The molecule has 0 fully saturated rings. The van der Waals surface area contributed by atoms with Crippen LogP contribution in [-0.2, 0) is 5.60 Å². The van der Waals surface area contributed by atoms with E-state index in [9.17, 15) is 9.90 Å². The summed E-state index contributed by atoms with van der Waals surface area (Å²) in [6, 6.07) is 14.9. The number of amides is 1. The highest BCUT2D eigenvalue weighted by molar-refractivity contribution is 5.86. The van der Waals surface area contributed by atoms with Gasteiger partial charge in [-0.1, -0.05) is 52.0 Å². The van der Waals surface area contributed by atoms with Crippen LogP contribution in [0, 0.1) is 5.92 Å². The zero-order valence-electron chi connectivity index (χ0n) is 18.4. The van der Waals surface area contributed by atoms with Crippen LogP contribution in [0.2, 0.25) is 0 Å². The van der Waals surface area contributed by atoms with Gasteiger partial charge in [0.1, 0.15) is 5.75 Å². The quantitative estimate of drug-likeness (QED) is 0.640. The molecule has 0 radical (unpaired) electrons. The van der Waals surface area contributed by atoms with Crippen LogP contribution >= 0.6 is 0 Å². The fraction of sp³-hybridized carbons (Fsp3) is 0.458. The molecule has 0 unspecified atom stereocenters. The van der Waals surface area contributed by atoms with E-state index < -0.39 is 11.7 Å². The van der Waals surface area contributed by atoms with E-state index in [1.165, 1.54) is 5.56 Å². The number of anilines is 1. The van der Waals surface area contributed by atoms with E-state index in [4.69, 9.17) is 4.74 Å². The maximum Gasteiger partial charge on any atom is 0.417 e. The van der Waals surface area contributed by atoms with Crippen molar-refractivity contribution in [1.82, 2.24) is 4.90 Å². The van der Waals surface area contributed by atoms with Gasteiger partial charge in [0.2, 0.25) is 0 Å². The number of carbonyl (C=O) groups excluding carboxylic acids is 1. The van der Waals surface area contributed by atoms with Gasteiger partial charge in [-0.2, -0.15) is 0 Å². The lowest BCUT2D eigenvalue weighted by molar-refractivity contribution is -0.0293. The van der Waals surface area contributed by atoms with Gasteiger partial charge in [-0.25, -0.2) is 4.79 Å². The third kappa shape index (κ3) is 6.05. The van der Waals surface area contributed by atoms with E-state index in [0.29, 0.717) is 23.8 Å². The summed E-state index contributed by atoms with van der Waals surface area (Å²) in [7, 11) is 3.98. The van der Waals surface area contributed by atoms with Gasteiger partial charge >= 0.3 is 6.09 Å². The number of rotatable bonds is 8. The lowest BCUT2D eigenvalue weighted by Crippen LogP contribution is -2.38. The largest absolute Gasteiger partial charge is 0.417 e. The van der Waals surface area contributed by atoms with Crippen molar-refractivity contribution < 1.29 is 14.6 Å². The first-order valence-electron chi connectivity index (χ1n) is 10.2. The lowest BCUT2D eigenvalue weighted by atomic mass is 9.80. The molecule has 5 nitrogen and oxygen atoms in total. The first kappa shape index (κ1) is 22.9. The normalized spacial score (nSPS) is 14.5. The third-order valence-electron chi connectivity index (χ3n) is 5.36. The first-order chi connectivity index (χ1) is 13.7. The van der Waals surface area contributed by atoms with E-state index in [1.54, 1.807) is 18.2 Å². The molecule has 0 aromatic heterocycles. The maximum atomic E-state index is 12.3. The summed E-state index contributed by atoms with van der Waals surface area (Å²) in [5.74, 6) is 0.861. The molecule has 0 aliphatic carbocycles. The monoisotopic (exact) mass is 398 g/mol. The van der Waals surface area contributed by atoms with Crippen molar-refractivity contribution in [3.63, 3.8) is 0 Å². The summed E-state index contributed by atoms with van der Waals surface area (Å²) < 4.78 is 5.47. The molecule has 2 rings (SSSR count). The fourth-order valence-corrected chi connectivity index (χ4v) is 3.57. The molecule has 0 saturated carbocycles. The van der Waals surface area contributed by atoms with Crippen molar-refractivity contribution in [3.8, 4) is 5.75 Å². The summed E-state index contributed by atoms with van der Waals surface area (Å²) in [5.41, 5.74) is 1.65. The minimum atomic E-state index is -0.993. The molecule has 0 aliphatic rings. The van der Waals surface area contributed by atoms with Crippen LogP contribution in [0.3, 0.4) is 0 Å². The molecule has 2 N–H and O–H groups in total. The Balaban J connectivity index is 2.11. The van der Waals surface area contributed by atoms with Gasteiger partial charge < -0.3 is 14.7 Å². The molecule has 2 aromatic carbocycles. The number of nitrogens with zero attached hydrogens (tertiary/aromatic N) is 1. The molecule has 0 heterocycles. The van der Waals surface area contributed by atoms with E-state index in [-0.39, 0.29) is 5.92 Å². The van der Waals surface area contributed by atoms with Crippen LogP contribution in [0.5, 0.6) is 5.75 Å². The predicted octanol–water partition coefficient (Wildman–Crippen LogP) is 5.22. The second-order valence-electron chi connectivity index (χ2n) is 8.26.